The third kappa shape index (κ3) is 4.07. The Hall–Kier alpha value is -1.35. The summed E-state index contributed by atoms with van der Waals surface area (Å²) in [5.41, 5.74) is 2.10. The van der Waals surface area contributed by atoms with Crippen molar-refractivity contribution in [3.8, 4) is 0 Å². The van der Waals surface area contributed by atoms with E-state index in [9.17, 15) is 4.79 Å². The van der Waals surface area contributed by atoms with Gasteiger partial charge in [-0.1, -0.05) is 39.0 Å². The van der Waals surface area contributed by atoms with E-state index in [2.05, 4.69) is 32.2 Å². The second-order valence-corrected chi connectivity index (χ2v) is 6.32. The number of nitrogens with zero attached hydrogens (tertiary/aromatic N) is 1. The molecule has 1 aromatic rings. The predicted octanol–water partition coefficient (Wildman–Crippen LogP) is 3.10. The zero-order chi connectivity index (χ0) is 15.2. The molecule has 3 heteroatoms. The Morgan fingerprint density at radius 3 is 2.76 bits per heavy atom. The van der Waals surface area contributed by atoms with Gasteiger partial charge in [0.1, 0.15) is 0 Å². The van der Waals surface area contributed by atoms with Crippen LogP contribution in [-0.4, -0.2) is 36.5 Å². The van der Waals surface area contributed by atoms with Gasteiger partial charge in [0, 0.05) is 24.7 Å². The Kier molecular flexibility index (Phi) is 5.80. The van der Waals surface area contributed by atoms with Gasteiger partial charge >= 0.3 is 0 Å². The van der Waals surface area contributed by atoms with Gasteiger partial charge < -0.3 is 10.2 Å². The van der Waals surface area contributed by atoms with Crippen molar-refractivity contribution in [2.75, 3.05) is 19.6 Å². The van der Waals surface area contributed by atoms with Crippen molar-refractivity contribution in [1.29, 1.82) is 0 Å². The Morgan fingerprint density at radius 1 is 1.29 bits per heavy atom. The SMILES string of the molecule is CCCNC(CN1CCCc2ccccc2C1=O)C(C)C. The largest absolute Gasteiger partial charge is 0.337 e. The number of carbonyl (C=O) groups is 1. The van der Waals surface area contributed by atoms with E-state index < -0.39 is 0 Å². The number of nitrogens with one attached hydrogen (secondary N) is 1. The van der Waals surface area contributed by atoms with E-state index in [1.807, 2.05) is 23.1 Å². The third-order valence-corrected chi connectivity index (χ3v) is 4.29. The van der Waals surface area contributed by atoms with Crippen molar-refractivity contribution >= 4 is 5.91 Å². The van der Waals surface area contributed by atoms with Crippen molar-refractivity contribution in [1.82, 2.24) is 10.2 Å². The van der Waals surface area contributed by atoms with E-state index in [1.165, 1.54) is 5.56 Å². The number of hydrogen-bond acceptors (Lipinski definition) is 2. The fourth-order valence-corrected chi connectivity index (χ4v) is 2.93. The van der Waals surface area contributed by atoms with Crippen molar-refractivity contribution < 1.29 is 4.79 Å². The van der Waals surface area contributed by atoms with Crippen LogP contribution in [0.4, 0.5) is 0 Å². The summed E-state index contributed by atoms with van der Waals surface area (Å²) < 4.78 is 0. The minimum absolute atomic E-state index is 0.201. The normalized spacial score (nSPS) is 16.8. The van der Waals surface area contributed by atoms with Gasteiger partial charge in [0.05, 0.1) is 0 Å². The van der Waals surface area contributed by atoms with Crippen LogP contribution in [-0.2, 0) is 6.42 Å². The highest BCUT2D eigenvalue weighted by Gasteiger charge is 2.25. The standard InChI is InChI=1S/C18H28N2O/c1-4-11-19-17(14(2)3)13-20-12-7-9-15-8-5-6-10-16(15)18(20)21/h5-6,8,10,14,17,19H,4,7,9,11-13H2,1-3H3. The van der Waals surface area contributed by atoms with Crippen LogP contribution in [0.15, 0.2) is 24.3 Å². The van der Waals surface area contributed by atoms with Gasteiger partial charge in [-0.3, -0.25) is 4.79 Å². The molecule has 1 atom stereocenters. The maximum atomic E-state index is 12.8. The van der Waals surface area contributed by atoms with Crippen LogP contribution < -0.4 is 5.32 Å². The molecular formula is C18H28N2O. The van der Waals surface area contributed by atoms with Gasteiger partial charge in [0.25, 0.3) is 5.91 Å². The monoisotopic (exact) mass is 288 g/mol. The molecule has 1 N–H and O–H groups in total. The molecule has 1 aliphatic heterocycles. The first kappa shape index (κ1) is 16.0. The molecule has 1 amide bonds. The van der Waals surface area contributed by atoms with Crippen molar-refractivity contribution in [3.05, 3.63) is 35.4 Å². The summed E-state index contributed by atoms with van der Waals surface area (Å²) in [7, 11) is 0. The van der Waals surface area contributed by atoms with E-state index in [-0.39, 0.29) is 5.91 Å². The third-order valence-electron chi connectivity index (χ3n) is 4.29. The van der Waals surface area contributed by atoms with Crippen LogP contribution in [0.25, 0.3) is 0 Å². The molecular weight excluding hydrogens is 260 g/mol. The molecule has 1 aliphatic rings. The van der Waals surface area contributed by atoms with Gasteiger partial charge in [0.2, 0.25) is 0 Å². The molecule has 0 saturated carbocycles. The Balaban J connectivity index is 2.10. The highest BCUT2D eigenvalue weighted by atomic mass is 16.2. The summed E-state index contributed by atoms with van der Waals surface area (Å²) in [6.45, 7) is 9.32. The number of fused-ring (bicyclic) bond motifs is 1. The van der Waals surface area contributed by atoms with Crippen LogP contribution in [0.1, 0.15) is 49.5 Å². The molecule has 21 heavy (non-hydrogen) atoms. The minimum atomic E-state index is 0.201. The zero-order valence-corrected chi connectivity index (χ0v) is 13.6. The van der Waals surface area contributed by atoms with Crippen LogP contribution >= 0.6 is 0 Å². The van der Waals surface area contributed by atoms with Crippen LogP contribution in [0, 0.1) is 5.92 Å². The average Bonchev–Trinajstić information content (AvgIpc) is 2.63. The first-order valence-corrected chi connectivity index (χ1v) is 8.24. The maximum Gasteiger partial charge on any atom is 0.254 e. The number of rotatable bonds is 6. The van der Waals surface area contributed by atoms with Crippen LogP contribution in [0.2, 0.25) is 0 Å². The van der Waals surface area contributed by atoms with Crippen LogP contribution in [0.5, 0.6) is 0 Å². The van der Waals surface area contributed by atoms with E-state index >= 15 is 0 Å². The quantitative estimate of drug-likeness (QED) is 0.872. The summed E-state index contributed by atoms with van der Waals surface area (Å²) in [6.07, 6.45) is 3.19. The molecule has 0 spiro atoms. The van der Waals surface area contributed by atoms with E-state index in [1.54, 1.807) is 0 Å². The summed E-state index contributed by atoms with van der Waals surface area (Å²) in [4.78, 5) is 14.8. The minimum Gasteiger partial charge on any atom is -0.337 e. The first-order valence-electron chi connectivity index (χ1n) is 8.24. The lowest BCUT2D eigenvalue weighted by Gasteiger charge is -2.30. The highest BCUT2D eigenvalue weighted by molar-refractivity contribution is 5.96. The topological polar surface area (TPSA) is 32.3 Å². The summed E-state index contributed by atoms with van der Waals surface area (Å²) in [5.74, 6) is 0.731. The maximum absolute atomic E-state index is 12.8. The second kappa shape index (κ2) is 7.60. The molecule has 0 aromatic heterocycles. The number of carbonyl (C=O) groups excluding carboxylic acids is 1. The lowest BCUT2D eigenvalue weighted by Crippen LogP contribution is -2.46. The molecule has 0 fully saturated rings. The number of aryl methyl sites for hydroxylation is 1. The number of benzene rings is 1. The molecule has 116 valence electrons. The molecule has 2 rings (SSSR count). The molecule has 3 nitrogen and oxygen atoms in total. The summed E-state index contributed by atoms with van der Waals surface area (Å²) >= 11 is 0. The molecule has 1 unspecified atom stereocenters. The lowest BCUT2D eigenvalue weighted by atomic mass is 10.0. The van der Waals surface area contributed by atoms with Gasteiger partial charge in [-0.25, -0.2) is 0 Å². The molecule has 0 bridgehead atoms. The number of amides is 1. The van der Waals surface area contributed by atoms with Crippen molar-refractivity contribution in [2.45, 2.75) is 46.1 Å². The fourth-order valence-electron chi connectivity index (χ4n) is 2.93. The van der Waals surface area contributed by atoms with Crippen LogP contribution in [0.3, 0.4) is 0 Å². The second-order valence-electron chi connectivity index (χ2n) is 6.32. The molecule has 0 saturated heterocycles. The van der Waals surface area contributed by atoms with Crippen molar-refractivity contribution in [2.24, 2.45) is 5.92 Å². The summed E-state index contributed by atoms with van der Waals surface area (Å²) in [6, 6.07) is 8.43. The predicted molar refractivity (Wildman–Crippen MR) is 87.6 cm³/mol. The van der Waals surface area contributed by atoms with E-state index in [4.69, 9.17) is 0 Å². The molecule has 1 aromatic carbocycles. The number of hydrogen-bond donors (Lipinski definition) is 1. The van der Waals surface area contributed by atoms with Crippen molar-refractivity contribution in [3.63, 3.8) is 0 Å². The fraction of sp³-hybridized carbons (Fsp3) is 0.611. The zero-order valence-electron chi connectivity index (χ0n) is 13.6. The molecule has 0 radical (unpaired) electrons. The lowest BCUT2D eigenvalue weighted by molar-refractivity contribution is 0.0733. The molecule has 0 aliphatic carbocycles. The Bertz CT molecular complexity index is 470. The van der Waals surface area contributed by atoms with Gasteiger partial charge in [-0.05, 0) is 43.4 Å². The molecule has 1 heterocycles. The van der Waals surface area contributed by atoms with E-state index in [0.717, 1.165) is 44.5 Å². The van der Waals surface area contributed by atoms with Gasteiger partial charge in [0.15, 0.2) is 0 Å². The van der Waals surface area contributed by atoms with E-state index in [0.29, 0.717) is 12.0 Å². The van der Waals surface area contributed by atoms with Gasteiger partial charge in [-0.2, -0.15) is 0 Å². The Labute approximate surface area is 128 Å². The highest BCUT2D eigenvalue weighted by Crippen LogP contribution is 2.19. The smallest absolute Gasteiger partial charge is 0.254 e. The average molecular weight is 288 g/mol. The Morgan fingerprint density at radius 2 is 2.05 bits per heavy atom. The van der Waals surface area contributed by atoms with Gasteiger partial charge in [-0.15, -0.1) is 0 Å². The first-order chi connectivity index (χ1) is 10.1. The summed E-state index contributed by atoms with van der Waals surface area (Å²) in [5, 5.41) is 3.59.